The first-order valence-corrected chi connectivity index (χ1v) is 15.4. The third kappa shape index (κ3) is 4.79. The summed E-state index contributed by atoms with van der Waals surface area (Å²) in [4.78, 5) is 17.5. The molecule has 0 bridgehead atoms. The predicted molar refractivity (Wildman–Crippen MR) is 184 cm³/mol. The molecule has 0 atom stereocenters. The Hall–Kier alpha value is -5.65. The van der Waals surface area contributed by atoms with Crippen molar-refractivity contribution in [3.8, 4) is 34.2 Å². The summed E-state index contributed by atoms with van der Waals surface area (Å²) in [5.41, 5.74) is 5.92. The summed E-state index contributed by atoms with van der Waals surface area (Å²) in [6, 6.07) is 54.4. The Bertz CT molecular complexity index is 2190. The van der Waals surface area contributed by atoms with Crippen molar-refractivity contribution in [1.82, 2.24) is 15.0 Å². The molecule has 0 radical (unpaired) electrons. The average molecular weight is 583 g/mol. The van der Waals surface area contributed by atoms with E-state index in [0.717, 1.165) is 33.8 Å². The number of aromatic nitrogens is 3. The number of para-hydroxylation sites is 3. The zero-order valence-electron chi connectivity index (χ0n) is 23.7. The van der Waals surface area contributed by atoms with Crippen molar-refractivity contribution < 1.29 is 0 Å². The Morgan fingerprint density at radius 1 is 0.409 bits per heavy atom. The highest BCUT2D eigenvalue weighted by Gasteiger charge is 2.20. The largest absolute Gasteiger partial charge is 0.310 e. The fourth-order valence-corrected chi connectivity index (χ4v) is 6.79. The van der Waals surface area contributed by atoms with Crippen LogP contribution in [0.5, 0.6) is 0 Å². The van der Waals surface area contributed by atoms with Crippen molar-refractivity contribution in [2.75, 3.05) is 4.90 Å². The van der Waals surface area contributed by atoms with E-state index < -0.39 is 0 Å². The Kier molecular flexibility index (Phi) is 6.63. The van der Waals surface area contributed by atoms with Gasteiger partial charge < -0.3 is 4.90 Å². The fraction of sp³-hybridized carbons (Fsp3) is 0. The van der Waals surface area contributed by atoms with Crippen LogP contribution in [0.1, 0.15) is 0 Å². The fourth-order valence-electron chi connectivity index (χ4n) is 5.65. The number of hydrogen-bond acceptors (Lipinski definition) is 5. The first-order valence-electron chi connectivity index (χ1n) is 14.5. The van der Waals surface area contributed by atoms with Gasteiger partial charge in [0.15, 0.2) is 17.5 Å². The van der Waals surface area contributed by atoms with Crippen molar-refractivity contribution in [2.45, 2.75) is 0 Å². The second kappa shape index (κ2) is 11.2. The van der Waals surface area contributed by atoms with Gasteiger partial charge in [-0.1, -0.05) is 109 Å². The van der Waals surface area contributed by atoms with Crippen LogP contribution in [0.15, 0.2) is 158 Å². The molecule has 44 heavy (non-hydrogen) atoms. The average Bonchev–Trinajstić information content (AvgIpc) is 3.48. The summed E-state index contributed by atoms with van der Waals surface area (Å²) in [7, 11) is 0. The topological polar surface area (TPSA) is 41.9 Å². The first-order chi connectivity index (χ1) is 21.8. The molecule has 0 spiro atoms. The second-order valence-electron chi connectivity index (χ2n) is 10.5. The van der Waals surface area contributed by atoms with Gasteiger partial charge in [0.05, 0.1) is 5.69 Å². The summed E-state index contributed by atoms with van der Waals surface area (Å²) < 4.78 is 2.49. The third-order valence-corrected chi connectivity index (χ3v) is 8.85. The summed E-state index contributed by atoms with van der Waals surface area (Å²) in [6.45, 7) is 0. The number of anilines is 3. The minimum atomic E-state index is 0.623. The third-order valence-electron chi connectivity index (χ3n) is 7.72. The van der Waals surface area contributed by atoms with Crippen LogP contribution < -0.4 is 4.90 Å². The van der Waals surface area contributed by atoms with Gasteiger partial charge in [0.1, 0.15) is 0 Å². The molecule has 0 saturated heterocycles. The van der Waals surface area contributed by atoms with E-state index in [1.54, 1.807) is 11.3 Å². The maximum atomic E-state index is 5.15. The molecule has 8 rings (SSSR count). The molecule has 0 unspecified atom stereocenters. The summed E-state index contributed by atoms with van der Waals surface area (Å²) in [5, 5.41) is 2.52. The van der Waals surface area contributed by atoms with Crippen LogP contribution in [0, 0.1) is 0 Å². The molecule has 0 N–H and O–H groups in total. The van der Waals surface area contributed by atoms with E-state index in [2.05, 4.69) is 114 Å². The van der Waals surface area contributed by atoms with Gasteiger partial charge in [0.25, 0.3) is 0 Å². The molecule has 2 aromatic heterocycles. The van der Waals surface area contributed by atoms with Gasteiger partial charge in [0, 0.05) is 48.2 Å². The van der Waals surface area contributed by atoms with E-state index in [0.29, 0.717) is 17.5 Å². The molecule has 208 valence electrons. The molecule has 0 amide bonds. The minimum Gasteiger partial charge on any atom is -0.310 e. The van der Waals surface area contributed by atoms with E-state index in [1.807, 2.05) is 48.5 Å². The number of nitrogens with zero attached hydrogens (tertiary/aromatic N) is 4. The van der Waals surface area contributed by atoms with Crippen LogP contribution in [0.3, 0.4) is 0 Å². The number of thiophene rings is 1. The van der Waals surface area contributed by atoms with Gasteiger partial charge >= 0.3 is 0 Å². The van der Waals surface area contributed by atoms with E-state index >= 15 is 0 Å². The number of benzene rings is 6. The van der Waals surface area contributed by atoms with Gasteiger partial charge in [-0.25, -0.2) is 15.0 Å². The smallest absolute Gasteiger partial charge is 0.166 e. The lowest BCUT2D eigenvalue weighted by Crippen LogP contribution is -2.12. The second-order valence-corrected chi connectivity index (χ2v) is 11.6. The molecule has 4 nitrogen and oxygen atoms in total. The van der Waals surface area contributed by atoms with Crippen molar-refractivity contribution in [1.29, 1.82) is 0 Å². The number of hydrogen-bond donors (Lipinski definition) is 0. The quantitative estimate of drug-likeness (QED) is 0.196. The zero-order valence-corrected chi connectivity index (χ0v) is 24.5. The van der Waals surface area contributed by atoms with Crippen LogP contribution >= 0.6 is 11.3 Å². The van der Waals surface area contributed by atoms with E-state index in [9.17, 15) is 0 Å². The Morgan fingerprint density at radius 3 is 1.68 bits per heavy atom. The lowest BCUT2D eigenvalue weighted by molar-refractivity contribution is 1.07. The number of rotatable bonds is 6. The highest BCUT2D eigenvalue weighted by molar-refractivity contribution is 7.25. The van der Waals surface area contributed by atoms with Crippen LogP contribution in [-0.4, -0.2) is 15.0 Å². The molecule has 0 aliphatic rings. The molecular weight excluding hydrogens is 557 g/mol. The summed E-state index contributed by atoms with van der Waals surface area (Å²) in [5.74, 6) is 1.91. The molecule has 0 aliphatic heterocycles. The normalized spacial score (nSPS) is 11.2. The summed E-state index contributed by atoms with van der Waals surface area (Å²) in [6.07, 6.45) is 0. The standard InChI is InChI=1S/C39H26N4S/c1-4-14-27(15-5-1)37-40-38(28-24-25-32-31-20-11-13-23-35(31)44-36(32)26-28)42-39(41-37)33-21-10-12-22-34(33)43(29-16-6-2-7-17-29)30-18-8-3-9-19-30/h1-26H. The SMILES string of the molecule is c1ccc(-c2nc(-c3ccc4c(c3)sc3ccccc34)nc(-c3ccccc3N(c3ccccc3)c3ccccc3)n2)cc1. The van der Waals surface area contributed by atoms with E-state index in [4.69, 9.17) is 15.0 Å². The van der Waals surface area contributed by atoms with Crippen LogP contribution in [0.25, 0.3) is 54.3 Å². The molecular formula is C39H26N4S. The van der Waals surface area contributed by atoms with Crippen molar-refractivity contribution in [3.63, 3.8) is 0 Å². The molecule has 0 fully saturated rings. The molecule has 5 heteroatoms. The van der Waals surface area contributed by atoms with Gasteiger partial charge in [-0.2, -0.15) is 0 Å². The monoisotopic (exact) mass is 582 g/mol. The van der Waals surface area contributed by atoms with Crippen molar-refractivity contribution in [2.24, 2.45) is 0 Å². The highest BCUT2D eigenvalue weighted by atomic mass is 32.1. The number of fused-ring (bicyclic) bond motifs is 3. The molecule has 2 heterocycles. The maximum absolute atomic E-state index is 5.15. The van der Waals surface area contributed by atoms with E-state index in [-0.39, 0.29) is 0 Å². The lowest BCUT2D eigenvalue weighted by atomic mass is 10.1. The molecule has 0 aliphatic carbocycles. The Balaban J connectivity index is 1.34. The van der Waals surface area contributed by atoms with Gasteiger partial charge in [0.2, 0.25) is 0 Å². The van der Waals surface area contributed by atoms with E-state index in [1.165, 1.54) is 20.2 Å². The minimum absolute atomic E-state index is 0.623. The first kappa shape index (κ1) is 26.0. The maximum Gasteiger partial charge on any atom is 0.166 e. The van der Waals surface area contributed by atoms with Gasteiger partial charge in [-0.3, -0.25) is 0 Å². The zero-order chi connectivity index (χ0) is 29.3. The molecule has 6 aromatic carbocycles. The van der Waals surface area contributed by atoms with Crippen LogP contribution in [-0.2, 0) is 0 Å². The highest BCUT2D eigenvalue weighted by Crippen LogP contribution is 2.41. The lowest BCUT2D eigenvalue weighted by Gasteiger charge is -2.27. The summed E-state index contributed by atoms with van der Waals surface area (Å²) >= 11 is 1.80. The van der Waals surface area contributed by atoms with Gasteiger partial charge in [-0.15, -0.1) is 11.3 Å². The van der Waals surface area contributed by atoms with Crippen LogP contribution in [0.2, 0.25) is 0 Å². The van der Waals surface area contributed by atoms with Crippen molar-refractivity contribution in [3.05, 3.63) is 158 Å². The Labute approximate surface area is 259 Å². The van der Waals surface area contributed by atoms with Gasteiger partial charge in [-0.05, 0) is 48.5 Å². The van der Waals surface area contributed by atoms with Crippen LogP contribution in [0.4, 0.5) is 17.1 Å². The molecule has 8 aromatic rings. The van der Waals surface area contributed by atoms with Crippen molar-refractivity contribution >= 4 is 48.6 Å². The Morgan fingerprint density at radius 2 is 0.955 bits per heavy atom. The predicted octanol–water partition coefficient (Wildman–Crippen LogP) is 10.7. The molecule has 0 saturated carbocycles.